The average Bonchev–Trinajstić information content (AvgIpc) is 2.73. The number of ether oxygens (including phenoxy) is 1. The van der Waals surface area contributed by atoms with Crippen molar-refractivity contribution in [2.24, 2.45) is 0 Å². The van der Waals surface area contributed by atoms with Gasteiger partial charge in [0.1, 0.15) is 0 Å². The Bertz CT molecular complexity index is 1000. The Kier molecular flexibility index (Phi) is 5.54. The first-order valence-corrected chi connectivity index (χ1v) is 9.88. The normalized spacial score (nSPS) is 19.8. The maximum Gasteiger partial charge on any atom is 0.165 e. The molecular weight excluding hydrogens is 379 g/mol. The largest absolute Gasteiger partial charge is 0.505 e. The minimum atomic E-state index is -0.643. The lowest BCUT2D eigenvalue weighted by atomic mass is 9.91. The second-order valence-corrected chi connectivity index (χ2v) is 7.69. The van der Waals surface area contributed by atoms with Crippen LogP contribution in [-0.4, -0.2) is 22.9 Å². The molecule has 1 aliphatic rings. The van der Waals surface area contributed by atoms with Crippen molar-refractivity contribution >= 4 is 22.4 Å². The van der Waals surface area contributed by atoms with Crippen LogP contribution in [0.25, 0.3) is 10.8 Å². The zero-order valence-electron chi connectivity index (χ0n) is 15.4. The maximum absolute atomic E-state index is 13.8. The van der Waals surface area contributed by atoms with Crippen LogP contribution in [0.3, 0.4) is 0 Å². The van der Waals surface area contributed by atoms with Crippen LogP contribution in [0, 0.1) is 5.82 Å². The summed E-state index contributed by atoms with van der Waals surface area (Å²) in [5.74, 6) is -1.00. The highest BCUT2D eigenvalue weighted by molar-refractivity contribution is 6.36. The van der Waals surface area contributed by atoms with Gasteiger partial charge in [0, 0.05) is 5.39 Å². The van der Waals surface area contributed by atoms with E-state index in [1.54, 1.807) is 6.07 Å². The minimum absolute atomic E-state index is 0.0155. The number of benzene rings is 3. The number of aromatic hydroxyl groups is 1. The quantitative estimate of drug-likeness (QED) is 0.605. The molecule has 146 valence electrons. The van der Waals surface area contributed by atoms with Gasteiger partial charge >= 0.3 is 0 Å². The zero-order chi connectivity index (χ0) is 19.7. The predicted octanol–water partition coefficient (Wildman–Crippen LogP) is 5.53. The summed E-state index contributed by atoms with van der Waals surface area (Å²) in [4.78, 5) is 0. The molecule has 3 aromatic rings. The molecule has 0 spiro atoms. The van der Waals surface area contributed by atoms with Gasteiger partial charge in [0.15, 0.2) is 11.6 Å². The Labute approximate surface area is 168 Å². The third-order valence-electron chi connectivity index (χ3n) is 5.39. The van der Waals surface area contributed by atoms with Crippen molar-refractivity contribution in [3.8, 4) is 5.75 Å². The van der Waals surface area contributed by atoms with Gasteiger partial charge in [0.25, 0.3) is 0 Å². The fraction of sp³-hybridized carbons (Fsp3) is 0.304. The molecular formula is C23H22ClFO3. The van der Waals surface area contributed by atoms with Crippen molar-refractivity contribution < 1.29 is 19.3 Å². The molecule has 28 heavy (non-hydrogen) atoms. The van der Waals surface area contributed by atoms with Gasteiger partial charge in [-0.2, -0.15) is 0 Å². The fourth-order valence-corrected chi connectivity index (χ4v) is 4.25. The zero-order valence-corrected chi connectivity index (χ0v) is 16.1. The lowest BCUT2D eigenvalue weighted by Crippen LogP contribution is -2.25. The summed E-state index contributed by atoms with van der Waals surface area (Å²) in [7, 11) is 0. The third-order valence-corrected chi connectivity index (χ3v) is 5.84. The SMILES string of the molecule is OCC1CCCC(c2cc(Cc3ccc(O)c(F)c3)c(Cl)c3ccccc23)O1. The number of hydrogen-bond donors (Lipinski definition) is 2. The summed E-state index contributed by atoms with van der Waals surface area (Å²) in [5.41, 5.74) is 2.67. The van der Waals surface area contributed by atoms with Crippen molar-refractivity contribution in [2.45, 2.75) is 37.9 Å². The molecule has 0 aliphatic carbocycles. The topological polar surface area (TPSA) is 49.7 Å². The number of halogens is 2. The molecule has 0 amide bonds. The first-order valence-electron chi connectivity index (χ1n) is 9.50. The van der Waals surface area contributed by atoms with E-state index in [-0.39, 0.29) is 24.6 Å². The minimum Gasteiger partial charge on any atom is -0.505 e. The molecule has 1 fully saturated rings. The monoisotopic (exact) mass is 400 g/mol. The maximum atomic E-state index is 13.8. The van der Waals surface area contributed by atoms with Crippen molar-refractivity contribution in [2.75, 3.05) is 6.61 Å². The Morgan fingerprint density at radius 3 is 2.61 bits per heavy atom. The van der Waals surface area contributed by atoms with Crippen molar-refractivity contribution in [1.82, 2.24) is 0 Å². The van der Waals surface area contributed by atoms with E-state index in [9.17, 15) is 14.6 Å². The molecule has 3 aromatic carbocycles. The molecule has 5 heteroatoms. The predicted molar refractivity (Wildman–Crippen MR) is 108 cm³/mol. The van der Waals surface area contributed by atoms with Gasteiger partial charge in [-0.15, -0.1) is 0 Å². The lowest BCUT2D eigenvalue weighted by molar-refractivity contribution is -0.0731. The number of aliphatic hydroxyl groups is 1. The summed E-state index contributed by atoms with van der Waals surface area (Å²) in [6.07, 6.45) is 2.93. The Balaban J connectivity index is 1.78. The van der Waals surface area contributed by atoms with Crippen molar-refractivity contribution in [1.29, 1.82) is 0 Å². The first-order chi connectivity index (χ1) is 13.6. The molecule has 2 unspecified atom stereocenters. The van der Waals surface area contributed by atoms with Crippen LogP contribution in [0.15, 0.2) is 48.5 Å². The molecule has 1 aliphatic heterocycles. The van der Waals surface area contributed by atoms with E-state index in [0.717, 1.165) is 46.7 Å². The fourth-order valence-electron chi connectivity index (χ4n) is 3.97. The van der Waals surface area contributed by atoms with E-state index in [0.29, 0.717) is 11.4 Å². The van der Waals surface area contributed by atoms with Crippen LogP contribution < -0.4 is 0 Å². The Morgan fingerprint density at radius 2 is 1.86 bits per heavy atom. The standard InChI is InChI=1S/C23H22ClFO3/c24-23-15(10-14-8-9-21(27)20(25)11-14)12-19(17-5-1-2-6-18(17)23)22-7-3-4-16(13-26)28-22/h1-2,5-6,8-9,11-12,16,22,26-27H,3-4,7,10,13H2. The van der Waals surface area contributed by atoms with Crippen LogP contribution in [0.4, 0.5) is 4.39 Å². The number of hydrogen-bond acceptors (Lipinski definition) is 3. The van der Waals surface area contributed by atoms with E-state index in [1.807, 2.05) is 30.3 Å². The van der Waals surface area contributed by atoms with Gasteiger partial charge in [0.2, 0.25) is 0 Å². The van der Waals surface area contributed by atoms with Crippen molar-refractivity contribution in [3.63, 3.8) is 0 Å². The lowest BCUT2D eigenvalue weighted by Gasteiger charge is -2.30. The van der Waals surface area contributed by atoms with E-state index in [4.69, 9.17) is 16.3 Å². The van der Waals surface area contributed by atoms with Gasteiger partial charge in [-0.3, -0.25) is 0 Å². The van der Waals surface area contributed by atoms with Gasteiger partial charge in [-0.05, 0) is 59.9 Å². The molecule has 2 atom stereocenters. The summed E-state index contributed by atoms with van der Waals surface area (Å²) < 4.78 is 19.9. The average molecular weight is 401 g/mol. The van der Waals surface area contributed by atoms with Gasteiger partial charge < -0.3 is 14.9 Å². The number of rotatable bonds is 4. The summed E-state index contributed by atoms with van der Waals surface area (Å²) in [5, 5.41) is 21.6. The molecule has 0 radical (unpaired) electrons. The third kappa shape index (κ3) is 3.72. The smallest absolute Gasteiger partial charge is 0.165 e. The molecule has 0 bridgehead atoms. The number of aliphatic hydroxyl groups excluding tert-OH is 1. The van der Waals surface area contributed by atoms with E-state index >= 15 is 0 Å². The highest BCUT2D eigenvalue weighted by atomic mass is 35.5. The van der Waals surface area contributed by atoms with Crippen LogP contribution >= 0.6 is 11.6 Å². The van der Waals surface area contributed by atoms with E-state index in [2.05, 4.69) is 0 Å². The first kappa shape index (κ1) is 19.2. The number of phenols is 1. The van der Waals surface area contributed by atoms with E-state index < -0.39 is 5.82 Å². The highest BCUT2D eigenvalue weighted by Crippen LogP contribution is 2.39. The summed E-state index contributed by atoms with van der Waals surface area (Å²) in [6, 6.07) is 14.4. The Morgan fingerprint density at radius 1 is 1.07 bits per heavy atom. The Hall–Kier alpha value is -2.14. The highest BCUT2D eigenvalue weighted by Gasteiger charge is 2.26. The molecule has 1 saturated heterocycles. The van der Waals surface area contributed by atoms with Gasteiger partial charge in [-0.25, -0.2) is 4.39 Å². The van der Waals surface area contributed by atoms with Crippen LogP contribution in [0.5, 0.6) is 5.75 Å². The van der Waals surface area contributed by atoms with Crippen LogP contribution in [-0.2, 0) is 11.2 Å². The second-order valence-electron chi connectivity index (χ2n) is 7.31. The van der Waals surface area contributed by atoms with Gasteiger partial charge in [0.05, 0.1) is 23.8 Å². The second kappa shape index (κ2) is 8.08. The van der Waals surface area contributed by atoms with Crippen LogP contribution in [0.2, 0.25) is 5.02 Å². The molecule has 0 aromatic heterocycles. The number of phenolic OH excluding ortho intramolecular Hbond substituents is 1. The molecule has 0 saturated carbocycles. The summed E-state index contributed by atoms with van der Waals surface area (Å²) in [6.45, 7) is 0.0155. The molecule has 2 N–H and O–H groups in total. The van der Waals surface area contributed by atoms with Crippen molar-refractivity contribution in [3.05, 3.63) is 76.1 Å². The molecule has 4 rings (SSSR count). The van der Waals surface area contributed by atoms with Gasteiger partial charge in [-0.1, -0.05) is 48.0 Å². The van der Waals surface area contributed by atoms with Crippen LogP contribution in [0.1, 0.15) is 42.1 Å². The van der Waals surface area contributed by atoms with E-state index in [1.165, 1.54) is 12.1 Å². The number of fused-ring (bicyclic) bond motifs is 1. The molecule has 1 heterocycles. The summed E-state index contributed by atoms with van der Waals surface area (Å²) >= 11 is 6.71. The molecule has 3 nitrogen and oxygen atoms in total.